The van der Waals surface area contributed by atoms with E-state index in [0.29, 0.717) is 18.7 Å². The maximum Gasteiger partial charge on any atom is 0.254 e. The Morgan fingerprint density at radius 3 is 2.92 bits per heavy atom. The fourth-order valence-corrected chi connectivity index (χ4v) is 1.00. The van der Waals surface area contributed by atoms with E-state index in [1.165, 1.54) is 0 Å². The predicted molar refractivity (Wildman–Crippen MR) is 49.3 cm³/mol. The molecule has 0 aliphatic rings. The lowest BCUT2D eigenvalue weighted by Crippen LogP contribution is -2.29. The number of hydrogen-bond donors (Lipinski definition) is 2. The van der Waals surface area contributed by atoms with Crippen molar-refractivity contribution in [1.29, 1.82) is 0 Å². The summed E-state index contributed by atoms with van der Waals surface area (Å²) in [5.41, 5.74) is 6.73. The van der Waals surface area contributed by atoms with Gasteiger partial charge in [-0.25, -0.2) is 0 Å². The number of hydrogen-bond acceptors (Lipinski definition) is 3. The van der Waals surface area contributed by atoms with Crippen molar-refractivity contribution < 1.29 is 4.79 Å². The van der Waals surface area contributed by atoms with E-state index >= 15 is 0 Å². The average Bonchev–Trinajstić information content (AvgIpc) is 2.44. The zero-order valence-electron chi connectivity index (χ0n) is 7.87. The number of amides is 1. The Morgan fingerprint density at radius 1 is 1.77 bits per heavy atom. The van der Waals surface area contributed by atoms with E-state index in [1.54, 1.807) is 17.9 Å². The quantitative estimate of drug-likeness (QED) is 0.656. The monoisotopic (exact) mass is 182 g/mol. The molecule has 0 aliphatic heterocycles. The normalized spacial score (nSPS) is 10.1. The van der Waals surface area contributed by atoms with E-state index in [0.717, 1.165) is 5.69 Å². The molecule has 0 saturated carbocycles. The molecule has 72 valence electrons. The first kappa shape index (κ1) is 9.73. The molecule has 13 heavy (non-hydrogen) atoms. The molecule has 0 fully saturated rings. The van der Waals surface area contributed by atoms with Gasteiger partial charge in [0.15, 0.2) is 0 Å². The number of carbonyl (C=O) groups excluding carboxylic acids is 1. The summed E-state index contributed by atoms with van der Waals surface area (Å²) in [6.45, 7) is 2.79. The van der Waals surface area contributed by atoms with Crippen LogP contribution in [0.3, 0.4) is 0 Å². The first-order valence-electron chi connectivity index (χ1n) is 4.13. The predicted octanol–water partition coefficient (Wildman–Crippen LogP) is -0.583. The molecule has 0 atom stereocenters. The smallest absolute Gasteiger partial charge is 0.254 e. The average molecular weight is 182 g/mol. The summed E-state index contributed by atoms with van der Waals surface area (Å²) >= 11 is 0. The Balaban J connectivity index is 2.71. The first-order valence-corrected chi connectivity index (χ1v) is 4.13. The van der Waals surface area contributed by atoms with Gasteiger partial charge in [-0.05, 0) is 6.92 Å². The lowest BCUT2D eigenvalue weighted by atomic mass is 10.2. The Labute approximate surface area is 76.9 Å². The fourth-order valence-electron chi connectivity index (χ4n) is 1.00. The van der Waals surface area contributed by atoms with Crippen molar-refractivity contribution in [1.82, 2.24) is 15.1 Å². The summed E-state index contributed by atoms with van der Waals surface area (Å²) in [4.78, 5) is 11.4. The van der Waals surface area contributed by atoms with Crippen LogP contribution < -0.4 is 11.1 Å². The van der Waals surface area contributed by atoms with Gasteiger partial charge in [0.05, 0.1) is 11.8 Å². The molecular formula is C8H14N4O. The minimum Gasteiger partial charge on any atom is -0.351 e. The number of nitrogens with zero attached hydrogens (tertiary/aromatic N) is 2. The van der Waals surface area contributed by atoms with Gasteiger partial charge in [0.25, 0.3) is 5.91 Å². The van der Waals surface area contributed by atoms with Gasteiger partial charge in [-0.2, -0.15) is 5.10 Å². The Hall–Kier alpha value is -1.36. The van der Waals surface area contributed by atoms with Gasteiger partial charge in [-0.3, -0.25) is 9.48 Å². The van der Waals surface area contributed by atoms with Crippen LogP contribution in [0.2, 0.25) is 0 Å². The topological polar surface area (TPSA) is 72.9 Å². The molecule has 1 heterocycles. The molecule has 1 amide bonds. The number of rotatable bonds is 3. The van der Waals surface area contributed by atoms with Gasteiger partial charge < -0.3 is 11.1 Å². The van der Waals surface area contributed by atoms with E-state index in [4.69, 9.17) is 5.73 Å². The van der Waals surface area contributed by atoms with Crippen molar-refractivity contribution in [3.05, 3.63) is 17.5 Å². The Bertz CT molecular complexity index is 305. The minimum absolute atomic E-state index is 0.115. The molecule has 0 spiro atoms. The third-order valence-electron chi connectivity index (χ3n) is 1.91. The maximum atomic E-state index is 11.4. The zero-order chi connectivity index (χ0) is 9.84. The van der Waals surface area contributed by atoms with E-state index in [1.807, 2.05) is 6.92 Å². The molecule has 0 aromatic carbocycles. The van der Waals surface area contributed by atoms with Crippen LogP contribution in [0.4, 0.5) is 0 Å². The summed E-state index contributed by atoms with van der Waals surface area (Å²) in [6, 6.07) is 0. The van der Waals surface area contributed by atoms with Crippen molar-refractivity contribution in [3.8, 4) is 0 Å². The van der Waals surface area contributed by atoms with Crippen LogP contribution in [-0.2, 0) is 7.05 Å². The third-order valence-corrected chi connectivity index (χ3v) is 1.91. The second kappa shape index (κ2) is 4.04. The fraction of sp³-hybridized carbons (Fsp3) is 0.500. The molecule has 5 heteroatoms. The molecule has 1 rings (SSSR count). The van der Waals surface area contributed by atoms with Crippen LogP contribution in [0.25, 0.3) is 0 Å². The highest BCUT2D eigenvalue weighted by molar-refractivity contribution is 5.94. The number of nitrogens with two attached hydrogens (primary N) is 1. The number of aromatic nitrogens is 2. The molecule has 0 saturated heterocycles. The standard InChI is InChI=1S/C8H14N4O/c1-6-7(5-11-12(6)2)8(13)10-4-3-9/h5H,3-4,9H2,1-2H3,(H,10,13). The summed E-state index contributed by atoms with van der Waals surface area (Å²) < 4.78 is 1.66. The molecule has 0 aliphatic carbocycles. The molecule has 1 aromatic heterocycles. The third kappa shape index (κ3) is 2.06. The lowest BCUT2D eigenvalue weighted by molar-refractivity contribution is 0.0954. The highest BCUT2D eigenvalue weighted by atomic mass is 16.1. The van der Waals surface area contributed by atoms with Crippen molar-refractivity contribution in [2.24, 2.45) is 12.8 Å². The van der Waals surface area contributed by atoms with Crippen molar-refractivity contribution in [3.63, 3.8) is 0 Å². The van der Waals surface area contributed by atoms with Gasteiger partial charge in [0, 0.05) is 25.8 Å². The number of aryl methyl sites for hydroxylation is 1. The molecule has 3 N–H and O–H groups in total. The van der Waals surface area contributed by atoms with E-state index < -0.39 is 0 Å². The summed E-state index contributed by atoms with van der Waals surface area (Å²) in [7, 11) is 1.80. The molecule has 0 unspecified atom stereocenters. The highest BCUT2D eigenvalue weighted by Gasteiger charge is 2.11. The van der Waals surface area contributed by atoms with Crippen LogP contribution in [0, 0.1) is 6.92 Å². The van der Waals surface area contributed by atoms with Crippen molar-refractivity contribution in [2.45, 2.75) is 6.92 Å². The first-order chi connectivity index (χ1) is 6.16. The Morgan fingerprint density at radius 2 is 2.46 bits per heavy atom. The molecule has 0 bridgehead atoms. The Kier molecular flexibility index (Phi) is 3.02. The zero-order valence-corrected chi connectivity index (χ0v) is 7.87. The van der Waals surface area contributed by atoms with Gasteiger partial charge in [0.2, 0.25) is 0 Å². The van der Waals surface area contributed by atoms with Crippen LogP contribution in [-0.4, -0.2) is 28.8 Å². The van der Waals surface area contributed by atoms with Crippen molar-refractivity contribution in [2.75, 3.05) is 13.1 Å². The summed E-state index contributed by atoms with van der Waals surface area (Å²) in [5, 5.41) is 6.66. The largest absolute Gasteiger partial charge is 0.351 e. The van der Waals surface area contributed by atoms with Gasteiger partial charge in [0.1, 0.15) is 0 Å². The van der Waals surface area contributed by atoms with Gasteiger partial charge in [-0.15, -0.1) is 0 Å². The van der Waals surface area contributed by atoms with E-state index in [9.17, 15) is 4.79 Å². The molecule has 1 aromatic rings. The summed E-state index contributed by atoms with van der Waals surface area (Å²) in [5.74, 6) is -0.115. The molecule has 0 radical (unpaired) electrons. The highest BCUT2D eigenvalue weighted by Crippen LogP contribution is 2.04. The maximum absolute atomic E-state index is 11.4. The second-order valence-corrected chi connectivity index (χ2v) is 2.81. The summed E-state index contributed by atoms with van der Waals surface area (Å²) in [6.07, 6.45) is 1.56. The lowest BCUT2D eigenvalue weighted by Gasteiger charge is -2.01. The number of carbonyl (C=O) groups is 1. The second-order valence-electron chi connectivity index (χ2n) is 2.81. The van der Waals surface area contributed by atoms with Crippen LogP contribution in [0.1, 0.15) is 16.1 Å². The molecular weight excluding hydrogens is 168 g/mol. The SMILES string of the molecule is Cc1c(C(=O)NCCN)cnn1C. The minimum atomic E-state index is -0.115. The molecule has 5 nitrogen and oxygen atoms in total. The van der Waals surface area contributed by atoms with Gasteiger partial charge in [-0.1, -0.05) is 0 Å². The van der Waals surface area contributed by atoms with E-state index in [-0.39, 0.29) is 5.91 Å². The van der Waals surface area contributed by atoms with Crippen LogP contribution >= 0.6 is 0 Å². The van der Waals surface area contributed by atoms with Crippen molar-refractivity contribution >= 4 is 5.91 Å². The van der Waals surface area contributed by atoms with Gasteiger partial charge >= 0.3 is 0 Å². The van der Waals surface area contributed by atoms with Crippen LogP contribution in [0.15, 0.2) is 6.20 Å². The number of nitrogens with one attached hydrogen (secondary N) is 1. The van der Waals surface area contributed by atoms with Crippen LogP contribution in [0.5, 0.6) is 0 Å². The van der Waals surface area contributed by atoms with E-state index in [2.05, 4.69) is 10.4 Å².